The van der Waals surface area contributed by atoms with Crippen LogP contribution < -0.4 is 0 Å². The summed E-state index contributed by atoms with van der Waals surface area (Å²) >= 11 is 3.46. The van der Waals surface area contributed by atoms with E-state index in [1.54, 1.807) is 12.4 Å². The van der Waals surface area contributed by atoms with Gasteiger partial charge in [-0.1, -0.05) is 40.2 Å². The number of hydrogen-bond donors (Lipinski definition) is 1. The Balaban J connectivity index is 2.04. The number of aliphatic hydroxyl groups excluding tert-OH is 1. The van der Waals surface area contributed by atoms with Crippen molar-refractivity contribution in [2.24, 2.45) is 0 Å². The molecule has 1 atom stereocenters. The van der Waals surface area contributed by atoms with Gasteiger partial charge in [0.05, 0.1) is 0 Å². The van der Waals surface area contributed by atoms with Crippen LogP contribution in [0.25, 0.3) is 10.8 Å². The minimum atomic E-state index is -0.637. The van der Waals surface area contributed by atoms with Gasteiger partial charge in [-0.05, 0) is 40.6 Å². The number of pyridine rings is 1. The molecule has 0 bridgehead atoms. The van der Waals surface area contributed by atoms with Gasteiger partial charge in [0.1, 0.15) is 6.10 Å². The topological polar surface area (TPSA) is 33.1 Å². The van der Waals surface area contributed by atoms with Gasteiger partial charge in [-0.3, -0.25) is 4.98 Å². The molecule has 0 amide bonds. The van der Waals surface area contributed by atoms with Crippen LogP contribution in [0.2, 0.25) is 0 Å². The first-order valence-electron chi connectivity index (χ1n) is 6.01. The predicted molar refractivity (Wildman–Crippen MR) is 79.9 cm³/mol. The first-order chi connectivity index (χ1) is 9.24. The minimum absolute atomic E-state index is 0.637. The number of aliphatic hydroxyl groups is 1. The zero-order chi connectivity index (χ0) is 13.2. The van der Waals surface area contributed by atoms with E-state index < -0.39 is 6.10 Å². The Kier molecular flexibility index (Phi) is 3.32. The van der Waals surface area contributed by atoms with Gasteiger partial charge in [-0.15, -0.1) is 0 Å². The third-order valence-corrected chi connectivity index (χ3v) is 3.64. The van der Waals surface area contributed by atoms with Gasteiger partial charge in [0, 0.05) is 22.4 Å². The van der Waals surface area contributed by atoms with Gasteiger partial charge in [0.2, 0.25) is 0 Å². The van der Waals surface area contributed by atoms with Crippen molar-refractivity contribution < 1.29 is 5.11 Å². The van der Waals surface area contributed by atoms with Crippen molar-refractivity contribution in [1.82, 2.24) is 4.98 Å². The lowest BCUT2D eigenvalue weighted by molar-refractivity contribution is 0.220. The second-order valence-electron chi connectivity index (χ2n) is 4.44. The fourth-order valence-corrected chi connectivity index (χ4v) is 2.51. The van der Waals surface area contributed by atoms with Crippen molar-refractivity contribution in [2.75, 3.05) is 0 Å². The molecule has 0 aliphatic heterocycles. The maximum absolute atomic E-state index is 10.4. The number of nitrogens with zero attached hydrogens (tertiary/aromatic N) is 1. The van der Waals surface area contributed by atoms with E-state index in [-0.39, 0.29) is 0 Å². The van der Waals surface area contributed by atoms with Crippen LogP contribution >= 0.6 is 15.9 Å². The maximum atomic E-state index is 10.4. The van der Waals surface area contributed by atoms with Crippen molar-refractivity contribution in [3.8, 4) is 0 Å². The molecule has 1 N–H and O–H groups in total. The van der Waals surface area contributed by atoms with Crippen LogP contribution in [0.4, 0.5) is 0 Å². The number of rotatable bonds is 2. The zero-order valence-electron chi connectivity index (χ0n) is 10.1. The number of aromatic nitrogens is 1. The second-order valence-corrected chi connectivity index (χ2v) is 5.36. The Bertz CT molecular complexity index is 712. The molecule has 0 saturated heterocycles. The predicted octanol–water partition coefficient (Wildman–Crippen LogP) is 4.08. The summed E-state index contributed by atoms with van der Waals surface area (Å²) in [5, 5.41) is 12.6. The lowest BCUT2D eigenvalue weighted by atomic mass is 10.00. The van der Waals surface area contributed by atoms with Crippen LogP contribution in [-0.4, -0.2) is 10.1 Å². The number of benzene rings is 2. The van der Waals surface area contributed by atoms with Gasteiger partial charge < -0.3 is 5.11 Å². The van der Waals surface area contributed by atoms with Gasteiger partial charge in [0.15, 0.2) is 0 Å². The molecule has 0 aliphatic carbocycles. The summed E-state index contributed by atoms with van der Waals surface area (Å²) < 4.78 is 1.06. The van der Waals surface area contributed by atoms with Crippen molar-refractivity contribution in [3.63, 3.8) is 0 Å². The highest BCUT2D eigenvalue weighted by Crippen LogP contribution is 2.26. The number of fused-ring (bicyclic) bond motifs is 1. The molecule has 1 heterocycles. The lowest BCUT2D eigenvalue weighted by Gasteiger charge is -2.12. The van der Waals surface area contributed by atoms with Crippen LogP contribution in [0, 0.1) is 0 Å². The van der Waals surface area contributed by atoms with Crippen LogP contribution in [0.3, 0.4) is 0 Å². The quantitative estimate of drug-likeness (QED) is 0.773. The van der Waals surface area contributed by atoms with Crippen LogP contribution in [0.15, 0.2) is 65.4 Å². The van der Waals surface area contributed by atoms with Crippen LogP contribution in [0.1, 0.15) is 17.2 Å². The Morgan fingerprint density at radius 1 is 0.947 bits per heavy atom. The Labute approximate surface area is 119 Å². The van der Waals surface area contributed by atoms with Crippen LogP contribution in [0.5, 0.6) is 0 Å². The van der Waals surface area contributed by atoms with Gasteiger partial charge in [0.25, 0.3) is 0 Å². The standard InChI is InChI=1S/C16H12BrNO/c17-15-6-5-11-8-13(4-3-12(11)9-15)16(19)14-2-1-7-18-10-14/h1-10,16,19H. The van der Waals surface area contributed by atoms with Gasteiger partial charge in [-0.25, -0.2) is 0 Å². The average Bonchev–Trinajstić information content (AvgIpc) is 2.47. The van der Waals surface area contributed by atoms with E-state index in [1.165, 1.54) is 0 Å². The molecular formula is C16H12BrNO. The number of hydrogen-bond acceptors (Lipinski definition) is 2. The number of halogens is 1. The lowest BCUT2D eigenvalue weighted by Crippen LogP contribution is -1.99. The van der Waals surface area contributed by atoms with Crippen molar-refractivity contribution in [3.05, 3.63) is 76.5 Å². The highest BCUT2D eigenvalue weighted by atomic mass is 79.9. The van der Waals surface area contributed by atoms with Crippen molar-refractivity contribution in [2.45, 2.75) is 6.10 Å². The molecule has 1 unspecified atom stereocenters. The molecule has 1 aromatic heterocycles. The van der Waals surface area contributed by atoms with E-state index >= 15 is 0 Å². The van der Waals surface area contributed by atoms with E-state index in [2.05, 4.69) is 27.0 Å². The smallest absolute Gasteiger partial charge is 0.106 e. The molecule has 19 heavy (non-hydrogen) atoms. The molecule has 94 valence electrons. The molecule has 0 spiro atoms. The van der Waals surface area contributed by atoms with E-state index in [9.17, 15) is 5.11 Å². The molecular weight excluding hydrogens is 302 g/mol. The molecule has 3 rings (SSSR count). The largest absolute Gasteiger partial charge is 0.384 e. The highest BCUT2D eigenvalue weighted by molar-refractivity contribution is 9.10. The third kappa shape index (κ3) is 2.53. The monoisotopic (exact) mass is 313 g/mol. The third-order valence-electron chi connectivity index (χ3n) is 3.14. The normalized spacial score (nSPS) is 12.5. The molecule has 0 fully saturated rings. The Morgan fingerprint density at radius 2 is 1.74 bits per heavy atom. The molecule has 3 heteroatoms. The Morgan fingerprint density at radius 3 is 2.53 bits per heavy atom. The fourth-order valence-electron chi connectivity index (χ4n) is 2.14. The van der Waals surface area contributed by atoms with Crippen molar-refractivity contribution >= 4 is 26.7 Å². The molecule has 2 nitrogen and oxygen atoms in total. The van der Waals surface area contributed by atoms with E-state index in [0.29, 0.717) is 0 Å². The summed E-state index contributed by atoms with van der Waals surface area (Å²) in [4.78, 5) is 4.04. The molecule has 2 aromatic carbocycles. The second kappa shape index (κ2) is 5.11. The summed E-state index contributed by atoms with van der Waals surface area (Å²) in [7, 11) is 0. The first-order valence-corrected chi connectivity index (χ1v) is 6.80. The highest BCUT2D eigenvalue weighted by Gasteiger charge is 2.10. The average molecular weight is 314 g/mol. The van der Waals surface area contributed by atoms with Crippen molar-refractivity contribution in [1.29, 1.82) is 0 Å². The molecule has 3 aromatic rings. The Hall–Kier alpha value is -1.71. The summed E-state index contributed by atoms with van der Waals surface area (Å²) in [5.74, 6) is 0. The summed E-state index contributed by atoms with van der Waals surface area (Å²) in [6, 6.07) is 15.8. The molecule has 0 saturated carbocycles. The molecule has 0 aliphatic rings. The molecule has 0 radical (unpaired) electrons. The summed E-state index contributed by atoms with van der Waals surface area (Å²) in [6.45, 7) is 0. The minimum Gasteiger partial charge on any atom is -0.384 e. The zero-order valence-corrected chi connectivity index (χ0v) is 11.7. The first kappa shape index (κ1) is 12.3. The van der Waals surface area contributed by atoms with E-state index in [0.717, 1.165) is 26.4 Å². The van der Waals surface area contributed by atoms with Crippen LogP contribution in [-0.2, 0) is 0 Å². The van der Waals surface area contributed by atoms with E-state index in [4.69, 9.17) is 0 Å². The SMILES string of the molecule is OC(c1cccnc1)c1ccc2cc(Br)ccc2c1. The maximum Gasteiger partial charge on any atom is 0.106 e. The van der Waals surface area contributed by atoms with Gasteiger partial charge >= 0.3 is 0 Å². The van der Waals surface area contributed by atoms with Gasteiger partial charge in [-0.2, -0.15) is 0 Å². The summed E-state index contributed by atoms with van der Waals surface area (Å²) in [6.07, 6.45) is 2.76. The van der Waals surface area contributed by atoms with E-state index in [1.807, 2.05) is 42.5 Å². The fraction of sp³-hybridized carbons (Fsp3) is 0.0625. The summed E-state index contributed by atoms with van der Waals surface area (Å²) in [5.41, 5.74) is 1.68.